The molecule has 7 atom stereocenters. The number of nitriles is 1. The Hall–Kier alpha value is -7.26. The fourth-order valence-corrected chi connectivity index (χ4v) is 10.7. The van der Waals surface area contributed by atoms with Gasteiger partial charge in [0.1, 0.15) is 59.8 Å². The molecule has 20 nitrogen and oxygen atoms in total. The Morgan fingerprint density at radius 2 is 1.42 bits per heavy atom. The fourth-order valence-electron chi connectivity index (χ4n) is 9.55. The predicted octanol–water partition coefficient (Wildman–Crippen LogP) is 8.24. The molecule has 444 valence electrons. The van der Waals surface area contributed by atoms with Crippen molar-refractivity contribution in [3.8, 4) is 33.9 Å². The summed E-state index contributed by atoms with van der Waals surface area (Å²) in [7, 11) is 0. The topological polar surface area (TPSA) is 278 Å². The van der Waals surface area contributed by atoms with Gasteiger partial charge in [-0.25, -0.2) is 14.6 Å². The van der Waals surface area contributed by atoms with Crippen molar-refractivity contribution in [1.29, 1.82) is 5.26 Å². The number of allylic oxidation sites excluding steroid dienone is 1. The Morgan fingerprint density at radius 3 is 2.06 bits per heavy atom. The van der Waals surface area contributed by atoms with Gasteiger partial charge in [0.2, 0.25) is 0 Å². The minimum Gasteiger partial charge on any atom is -0.491 e. The van der Waals surface area contributed by atoms with E-state index < -0.39 is 73.2 Å². The number of hydrogen-bond donors (Lipinski definition) is 4. The van der Waals surface area contributed by atoms with Crippen LogP contribution in [0.25, 0.3) is 20.8 Å². The maximum absolute atomic E-state index is 13.8. The van der Waals surface area contributed by atoms with Crippen LogP contribution in [0.2, 0.25) is 0 Å². The van der Waals surface area contributed by atoms with E-state index in [4.69, 9.17) is 52.4 Å². The number of fused-ring (bicyclic) bond motifs is 1. The first-order valence-corrected chi connectivity index (χ1v) is 28.6. The number of rotatable bonds is 31. The van der Waals surface area contributed by atoms with Gasteiger partial charge in [-0.05, 0) is 137 Å². The Bertz CT molecular complexity index is 2920. The number of carbonyl (C=O) groups is 4. The molecular weight excluding hydrogens is 1090 g/mol. The molecule has 2 saturated carbocycles. The van der Waals surface area contributed by atoms with E-state index in [1.165, 1.54) is 17.4 Å². The third-order valence-electron chi connectivity index (χ3n) is 14.4. The molecule has 4 N–H and O–H groups in total. The maximum atomic E-state index is 13.8. The highest BCUT2D eigenvalue weighted by atomic mass is 32.1. The maximum Gasteiger partial charge on any atom is 0.330 e. The van der Waals surface area contributed by atoms with E-state index >= 15 is 0 Å². The smallest absolute Gasteiger partial charge is 0.330 e. The van der Waals surface area contributed by atoms with Crippen molar-refractivity contribution < 1.29 is 87.0 Å². The molecule has 0 spiro atoms. The van der Waals surface area contributed by atoms with Crippen LogP contribution in [0, 0.1) is 35.0 Å². The first-order chi connectivity index (χ1) is 40.1. The van der Waals surface area contributed by atoms with E-state index in [9.17, 15) is 44.9 Å². The zero-order chi connectivity index (χ0) is 59.3. The number of aliphatic hydroxyl groups is 4. The van der Waals surface area contributed by atoms with Crippen LogP contribution < -0.4 is 14.2 Å². The van der Waals surface area contributed by atoms with E-state index in [1.807, 2.05) is 18.2 Å². The summed E-state index contributed by atoms with van der Waals surface area (Å²) in [5, 5.41) is 51.9. The first kappa shape index (κ1) is 63.3. The van der Waals surface area contributed by atoms with Crippen molar-refractivity contribution >= 4 is 45.4 Å². The SMILES string of the molecule is C=CC(=O)OCC(COc1ccc(OC(O)C2CCC(C(O)OCCc3ccc(OC(=O)C4CCC(C(=O)OC5C=CC(OCC(COC(O)C=C)OC(=O)C=C)=CC5)CC4)c4nc(-c5ccc(C#N)cc5)sc34)CC2)cc1)OC(O)CC. The minimum atomic E-state index is -1.24. The van der Waals surface area contributed by atoms with E-state index in [0.29, 0.717) is 110 Å². The summed E-state index contributed by atoms with van der Waals surface area (Å²) >= 11 is 1.42. The Kier molecular flexibility index (Phi) is 24.4. The van der Waals surface area contributed by atoms with Crippen molar-refractivity contribution in [2.45, 2.75) is 121 Å². The molecule has 3 aliphatic rings. The number of nitrogens with zero attached hydrogens (tertiary/aromatic N) is 2. The lowest BCUT2D eigenvalue weighted by molar-refractivity contribution is -0.169. The van der Waals surface area contributed by atoms with E-state index in [1.54, 1.807) is 67.6 Å². The molecule has 3 aliphatic carbocycles. The first-order valence-electron chi connectivity index (χ1n) is 27.8. The lowest BCUT2D eigenvalue weighted by Gasteiger charge is -2.33. The van der Waals surface area contributed by atoms with Gasteiger partial charge in [-0.3, -0.25) is 9.59 Å². The second-order valence-corrected chi connectivity index (χ2v) is 21.2. The second kappa shape index (κ2) is 32.0. The molecule has 1 aromatic heterocycles. The highest BCUT2D eigenvalue weighted by molar-refractivity contribution is 7.21. The molecule has 2 fully saturated rings. The molecule has 0 aliphatic heterocycles. The third kappa shape index (κ3) is 19.1. The number of benzene rings is 3. The van der Waals surface area contributed by atoms with Gasteiger partial charge in [0.25, 0.3) is 0 Å². The van der Waals surface area contributed by atoms with Gasteiger partial charge in [0.05, 0.1) is 41.4 Å². The normalized spacial score (nSPS) is 20.8. The van der Waals surface area contributed by atoms with Crippen LogP contribution >= 0.6 is 11.3 Å². The number of hydrogen-bond acceptors (Lipinski definition) is 21. The summed E-state index contributed by atoms with van der Waals surface area (Å²) in [5.41, 5.74) is 2.65. The molecule has 3 aromatic carbocycles. The quantitative estimate of drug-likeness (QED) is 0.00921. The lowest BCUT2D eigenvalue weighted by Crippen LogP contribution is -2.34. The number of thiazole rings is 1. The van der Waals surface area contributed by atoms with Crippen LogP contribution in [0.5, 0.6) is 17.2 Å². The number of aliphatic hydroxyl groups excluding tert-OH is 4. The molecule has 7 unspecified atom stereocenters. The number of esters is 4. The Balaban J connectivity index is 0.867. The molecule has 1 heterocycles. The zero-order valence-electron chi connectivity index (χ0n) is 46.3. The summed E-state index contributed by atoms with van der Waals surface area (Å²) in [4.78, 5) is 55.4. The summed E-state index contributed by atoms with van der Waals surface area (Å²) in [6.45, 7) is 11.8. The van der Waals surface area contributed by atoms with Crippen LogP contribution in [0.1, 0.15) is 82.3 Å². The monoisotopic (exact) mass is 1160 g/mol. The fraction of sp³-hybridized carbons (Fsp3) is 0.452. The highest BCUT2D eigenvalue weighted by Gasteiger charge is 2.35. The number of ether oxygens (including phenoxy) is 10. The van der Waals surface area contributed by atoms with E-state index in [-0.39, 0.29) is 50.8 Å². The third-order valence-corrected chi connectivity index (χ3v) is 15.5. The molecule has 83 heavy (non-hydrogen) atoms. The van der Waals surface area contributed by atoms with Crippen molar-refractivity contribution in [1.82, 2.24) is 4.98 Å². The second-order valence-electron chi connectivity index (χ2n) is 20.2. The van der Waals surface area contributed by atoms with Gasteiger partial charge in [-0.15, -0.1) is 11.3 Å². The molecule has 4 aromatic rings. The van der Waals surface area contributed by atoms with Crippen LogP contribution in [-0.2, 0) is 58.8 Å². The van der Waals surface area contributed by atoms with Crippen LogP contribution in [0.15, 0.2) is 123 Å². The van der Waals surface area contributed by atoms with Crippen molar-refractivity contribution in [3.05, 3.63) is 134 Å². The molecule has 7 rings (SSSR count). The Morgan fingerprint density at radius 1 is 0.759 bits per heavy atom. The van der Waals surface area contributed by atoms with Crippen molar-refractivity contribution in [2.75, 3.05) is 33.0 Å². The number of carbonyl (C=O) groups excluding carboxylic acids is 4. The molecule has 0 amide bonds. The predicted molar refractivity (Wildman–Crippen MR) is 303 cm³/mol. The largest absolute Gasteiger partial charge is 0.491 e. The van der Waals surface area contributed by atoms with Crippen LogP contribution in [-0.4, -0.2) is 126 Å². The zero-order valence-corrected chi connectivity index (χ0v) is 47.1. The summed E-state index contributed by atoms with van der Waals surface area (Å²) < 4.78 is 57.2. The molecule has 0 saturated heterocycles. The standard InChI is InChI=1S/C62H72N2O18S/c1-5-52(65)76-36-49(78-54(67)7-3)34-74-45-22-26-47(27-23-45)80-60(70)42-15-13-41(14-16-42)59(69)73-32-31-39-21-30-51(56-57(39)83-58(64-56)40-11-9-38(33-63)10-12-40)82-62(72)44-19-17-43(18-20-44)61(71)81-48-28-24-46(25-29-48)75-35-50(79-55(68)8-4)37-77-53(66)6-2/h5-6,8-12,21-28,30,41-44,48-50,53-54,59-60,66-67,69-70H,1-2,4,7,13-20,29,31-32,34-37H2,3H3. The van der Waals surface area contributed by atoms with Crippen molar-refractivity contribution in [3.63, 3.8) is 0 Å². The average molecular weight is 1170 g/mol. The molecular formula is C62H72N2O18S. The van der Waals surface area contributed by atoms with Gasteiger partial charge in [0, 0.05) is 36.0 Å². The van der Waals surface area contributed by atoms with Gasteiger partial charge in [0.15, 0.2) is 37.0 Å². The van der Waals surface area contributed by atoms with E-state index in [0.717, 1.165) is 28.0 Å². The summed E-state index contributed by atoms with van der Waals surface area (Å²) in [6.07, 6.45) is 7.08. The molecule has 21 heteroatoms. The lowest BCUT2D eigenvalue weighted by atomic mass is 9.81. The Labute approximate surface area is 486 Å². The summed E-state index contributed by atoms with van der Waals surface area (Å²) in [5.74, 6) is -1.60. The van der Waals surface area contributed by atoms with Crippen molar-refractivity contribution in [2.24, 2.45) is 23.7 Å². The highest BCUT2D eigenvalue weighted by Crippen LogP contribution is 2.40. The van der Waals surface area contributed by atoms with Gasteiger partial charge < -0.3 is 67.8 Å². The van der Waals surface area contributed by atoms with Gasteiger partial charge in [-0.1, -0.05) is 44.9 Å². The minimum absolute atomic E-state index is 0.00437. The van der Waals surface area contributed by atoms with E-state index in [2.05, 4.69) is 25.8 Å². The van der Waals surface area contributed by atoms with Crippen LogP contribution in [0.4, 0.5) is 0 Å². The van der Waals surface area contributed by atoms with Gasteiger partial charge in [-0.2, -0.15) is 5.26 Å². The molecule has 0 radical (unpaired) electrons. The molecule has 0 bridgehead atoms. The number of aromatic nitrogens is 1. The van der Waals surface area contributed by atoms with Gasteiger partial charge >= 0.3 is 23.9 Å². The average Bonchev–Trinajstić information content (AvgIpc) is 4.10. The summed E-state index contributed by atoms with van der Waals surface area (Å²) in [6, 6.07) is 19.4. The van der Waals surface area contributed by atoms with Crippen LogP contribution in [0.3, 0.4) is 0 Å².